The molecule has 3 atom stereocenters. The van der Waals surface area contributed by atoms with Gasteiger partial charge in [-0.15, -0.1) is 0 Å². The monoisotopic (exact) mass is 349 g/mol. The quantitative estimate of drug-likeness (QED) is 0.643. The van der Waals surface area contributed by atoms with Gasteiger partial charge in [-0.2, -0.15) is 5.26 Å². The van der Waals surface area contributed by atoms with Crippen LogP contribution in [0.3, 0.4) is 0 Å². The van der Waals surface area contributed by atoms with Crippen LogP contribution in [-0.4, -0.2) is 10.9 Å². The zero-order valence-electron chi connectivity index (χ0n) is 14.8. The molecule has 0 aromatic heterocycles. The largest absolute Gasteiger partial charge is 0.337 e. The summed E-state index contributed by atoms with van der Waals surface area (Å²) in [7, 11) is 0. The first-order valence-electron chi connectivity index (χ1n) is 9.21. The van der Waals surface area contributed by atoms with E-state index in [-0.39, 0.29) is 18.2 Å². The minimum Gasteiger partial charge on any atom is -0.337 e. The molecule has 3 nitrogen and oxygen atoms in total. The lowest BCUT2D eigenvalue weighted by atomic mass is 9.99. The minimum absolute atomic E-state index is 0.00320. The molecule has 3 unspecified atom stereocenters. The van der Waals surface area contributed by atoms with E-state index in [9.17, 15) is 5.26 Å². The van der Waals surface area contributed by atoms with E-state index >= 15 is 0 Å². The number of rotatable bonds is 2. The number of hydrogen-bond acceptors (Lipinski definition) is 3. The maximum Gasteiger partial charge on any atom is 0.143 e. The third kappa shape index (κ3) is 2.42. The fraction of sp³-hybridized carbons (Fsp3) is 0.125. The summed E-state index contributed by atoms with van der Waals surface area (Å²) in [5.74, 6) is 0. The molecule has 27 heavy (non-hydrogen) atoms. The summed E-state index contributed by atoms with van der Waals surface area (Å²) in [6, 6.07) is 31.5. The smallest absolute Gasteiger partial charge is 0.143 e. The number of nitrogens with zero attached hydrogens (tertiary/aromatic N) is 3. The van der Waals surface area contributed by atoms with Crippen molar-refractivity contribution in [1.29, 1.82) is 5.26 Å². The van der Waals surface area contributed by atoms with Crippen molar-refractivity contribution < 1.29 is 0 Å². The predicted octanol–water partition coefficient (Wildman–Crippen LogP) is 5.13. The highest BCUT2D eigenvalue weighted by molar-refractivity contribution is 5.63. The van der Waals surface area contributed by atoms with Gasteiger partial charge >= 0.3 is 0 Å². The molecule has 0 aliphatic carbocycles. The second-order valence-corrected chi connectivity index (χ2v) is 6.94. The molecule has 3 heteroatoms. The van der Waals surface area contributed by atoms with E-state index in [2.05, 4.69) is 88.8 Å². The number of benzene rings is 3. The van der Waals surface area contributed by atoms with Crippen molar-refractivity contribution in [3.05, 3.63) is 108 Å². The molecule has 5 rings (SSSR count). The molecule has 0 N–H and O–H groups in total. The summed E-state index contributed by atoms with van der Waals surface area (Å²) in [6.45, 7) is 0. The van der Waals surface area contributed by atoms with Crippen LogP contribution in [0.4, 0.5) is 5.69 Å². The normalized spacial score (nSPS) is 22.9. The molecule has 0 amide bonds. The fourth-order valence-corrected chi connectivity index (χ4v) is 4.34. The molecule has 0 radical (unpaired) electrons. The van der Waals surface area contributed by atoms with E-state index in [1.165, 1.54) is 11.1 Å². The first-order chi connectivity index (χ1) is 13.4. The topological polar surface area (TPSA) is 30.3 Å². The van der Waals surface area contributed by atoms with Crippen LogP contribution in [0, 0.1) is 11.3 Å². The third-order valence-corrected chi connectivity index (χ3v) is 5.49. The van der Waals surface area contributed by atoms with Gasteiger partial charge in [-0.05, 0) is 29.3 Å². The van der Waals surface area contributed by atoms with Crippen LogP contribution in [0.2, 0.25) is 0 Å². The first-order valence-corrected chi connectivity index (χ1v) is 9.21. The third-order valence-electron chi connectivity index (χ3n) is 5.49. The Morgan fingerprint density at radius 3 is 2.19 bits per heavy atom. The Balaban J connectivity index is 1.74. The Labute approximate surface area is 159 Å². The summed E-state index contributed by atoms with van der Waals surface area (Å²) < 4.78 is 0. The van der Waals surface area contributed by atoms with E-state index in [1.807, 2.05) is 24.3 Å². The average Bonchev–Trinajstić information content (AvgIpc) is 3.10. The second-order valence-electron chi connectivity index (χ2n) is 6.94. The maximum atomic E-state index is 10.1. The predicted molar refractivity (Wildman–Crippen MR) is 108 cm³/mol. The Bertz CT molecular complexity index is 1020. The van der Waals surface area contributed by atoms with E-state index in [1.54, 1.807) is 0 Å². The highest BCUT2D eigenvalue weighted by atomic mass is 15.5. The van der Waals surface area contributed by atoms with Crippen LogP contribution in [-0.2, 0) is 0 Å². The standard InChI is InChI=1S/C24H19N3/c25-17-22-23(19-10-3-1-4-11-19)27(20-12-5-2-6-13-20)24-21-14-8-7-9-18(21)15-16-26(22)24/h1-16,22-24H. The molecule has 3 aromatic carbocycles. The number of anilines is 1. The maximum absolute atomic E-state index is 10.1. The number of hydrogen-bond donors (Lipinski definition) is 0. The number of fused-ring (bicyclic) bond motifs is 3. The summed E-state index contributed by atoms with van der Waals surface area (Å²) in [4.78, 5) is 4.60. The lowest BCUT2D eigenvalue weighted by molar-refractivity contribution is 0.313. The molecular weight excluding hydrogens is 330 g/mol. The molecule has 130 valence electrons. The molecule has 3 aromatic rings. The van der Waals surface area contributed by atoms with Crippen molar-refractivity contribution in [1.82, 2.24) is 4.90 Å². The number of para-hydroxylation sites is 1. The van der Waals surface area contributed by atoms with Crippen molar-refractivity contribution in [2.45, 2.75) is 18.2 Å². The van der Waals surface area contributed by atoms with E-state index < -0.39 is 0 Å². The summed E-state index contributed by atoms with van der Waals surface area (Å²) in [5.41, 5.74) is 4.74. The lowest BCUT2D eigenvalue weighted by Crippen LogP contribution is -2.31. The van der Waals surface area contributed by atoms with Crippen molar-refractivity contribution in [2.75, 3.05) is 4.90 Å². The molecule has 0 bridgehead atoms. The molecule has 2 heterocycles. The van der Waals surface area contributed by atoms with Gasteiger partial charge in [0.1, 0.15) is 12.2 Å². The molecule has 0 spiro atoms. The fourth-order valence-electron chi connectivity index (χ4n) is 4.34. The zero-order valence-corrected chi connectivity index (χ0v) is 14.8. The van der Waals surface area contributed by atoms with E-state index in [0.717, 1.165) is 11.3 Å². The SMILES string of the molecule is N#CC1C(c2ccccc2)N(c2ccccc2)C2c3ccccc3C=CN12. The second kappa shape index (κ2) is 6.34. The molecular formula is C24H19N3. The van der Waals surface area contributed by atoms with Gasteiger partial charge in [0, 0.05) is 17.5 Å². The van der Waals surface area contributed by atoms with E-state index in [4.69, 9.17) is 0 Å². The highest BCUT2D eigenvalue weighted by Crippen LogP contribution is 2.50. The van der Waals surface area contributed by atoms with Gasteiger partial charge in [0.15, 0.2) is 0 Å². The van der Waals surface area contributed by atoms with Crippen molar-refractivity contribution in [3.63, 3.8) is 0 Å². The van der Waals surface area contributed by atoms with Crippen molar-refractivity contribution in [2.24, 2.45) is 0 Å². The van der Waals surface area contributed by atoms with Crippen molar-refractivity contribution in [3.8, 4) is 6.07 Å². The van der Waals surface area contributed by atoms with Crippen LogP contribution in [0.15, 0.2) is 91.1 Å². The Kier molecular flexibility index (Phi) is 3.69. The highest BCUT2D eigenvalue weighted by Gasteiger charge is 2.48. The van der Waals surface area contributed by atoms with Crippen molar-refractivity contribution >= 4 is 11.8 Å². The van der Waals surface area contributed by atoms with Gasteiger partial charge in [-0.1, -0.05) is 72.8 Å². The summed E-state index contributed by atoms with van der Waals surface area (Å²) in [5, 5.41) is 10.1. The summed E-state index contributed by atoms with van der Waals surface area (Å²) in [6.07, 6.45) is 4.20. The van der Waals surface area contributed by atoms with E-state index in [0.29, 0.717) is 0 Å². The molecule has 2 aliphatic heterocycles. The Hall–Kier alpha value is -3.51. The summed E-state index contributed by atoms with van der Waals surface area (Å²) >= 11 is 0. The first kappa shape index (κ1) is 15.7. The molecule has 1 fully saturated rings. The van der Waals surface area contributed by atoms with Gasteiger partial charge in [-0.3, -0.25) is 0 Å². The van der Waals surface area contributed by atoms with Crippen LogP contribution in [0.25, 0.3) is 6.08 Å². The van der Waals surface area contributed by atoms with Gasteiger partial charge in [0.2, 0.25) is 0 Å². The Morgan fingerprint density at radius 2 is 1.44 bits per heavy atom. The molecule has 1 saturated heterocycles. The van der Waals surface area contributed by atoms with Crippen LogP contribution in [0.1, 0.15) is 28.9 Å². The minimum atomic E-state index is -0.262. The van der Waals surface area contributed by atoms with Crippen LogP contribution in [0.5, 0.6) is 0 Å². The van der Waals surface area contributed by atoms with Gasteiger partial charge < -0.3 is 9.80 Å². The lowest BCUT2D eigenvalue weighted by Gasteiger charge is -2.36. The van der Waals surface area contributed by atoms with Gasteiger partial charge in [-0.25, -0.2) is 0 Å². The van der Waals surface area contributed by atoms with Crippen LogP contribution >= 0.6 is 0 Å². The molecule has 2 aliphatic rings. The average molecular weight is 349 g/mol. The number of nitriles is 1. The van der Waals surface area contributed by atoms with Gasteiger partial charge in [0.25, 0.3) is 0 Å². The Morgan fingerprint density at radius 1 is 0.778 bits per heavy atom. The van der Waals surface area contributed by atoms with Gasteiger partial charge in [0.05, 0.1) is 12.1 Å². The van der Waals surface area contributed by atoms with Crippen LogP contribution < -0.4 is 4.90 Å². The zero-order chi connectivity index (χ0) is 18.2. The molecule has 0 saturated carbocycles.